The Morgan fingerprint density at radius 2 is 2.00 bits per heavy atom. The van der Waals surface area contributed by atoms with Gasteiger partial charge in [-0.05, 0) is 50.7 Å². The van der Waals surface area contributed by atoms with Crippen LogP contribution in [0.3, 0.4) is 0 Å². The molecular weight excluding hydrogens is 388 g/mol. The van der Waals surface area contributed by atoms with E-state index in [1.165, 1.54) is 29.7 Å². The fraction of sp³-hybridized carbons (Fsp3) is 0.474. The van der Waals surface area contributed by atoms with E-state index < -0.39 is 0 Å². The number of fused-ring (bicyclic) bond motifs is 1. The molecular formula is C19H22N8OS. The molecule has 10 heteroatoms. The molecule has 0 bridgehead atoms. The molecule has 29 heavy (non-hydrogen) atoms. The average Bonchev–Trinajstić information content (AvgIpc) is 3.43. The van der Waals surface area contributed by atoms with Gasteiger partial charge in [0, 0.05) is 18.0 Å². The minimum absolute atomic E-state index is 0.0491. The maximum atomic E-state index is 12.8. The first kappa shape index (κ1) is 18.2. The summed E-state index contributed by atoms with van der Waals surface area (Å²) in [5.41, 5.74) is 1.17. The SMILES string of the molecule is O=C(Nc1nc2c(s1)CCCC2)C1CCCN(c2ccc(-n3cncn3)nn2)C1. The van der Waals surface area contributed by atoms with E-state index >= 15 is 0 Å². The molecule has 0 radical (unpaired) electrons. The molecule has 1 amide bonds. The first-order valence-corrected chi connectivity index (χ1v) is 10.8. The standard InChI is InChI=1S/C19H22N8OS/c28-18(23-19-22-14-5-1-2-6-15(14)29-19)13-4-3-9-26(10-13)16-7-8-17(25-24-16)27-12-20-11-21-27/h7-8,11-13H,1-6,9-10H2,(H,22,23,28). The molecule has 0 spiro atoms. The van der Waals surface area contributed by atoms with Gasteiger partial charge in [0.25, 0.3) is 0 Å². The van der Waals surface area contributed by atoms with Crippen LogP contribution in [0, 0.1) is 5.92 Å². The van der Waals surface area contributed by atoms with Gasteiger partial charge in [0.15, 0.2) is 16.8 Å². The molecule has 3 aromatic heterocycles. The summed E-state index contributed by atoms with van der Waals surface area (Å²) >= 11 is 1.63. The number of hydrogen-bond acceptors (Lipinski definition) is 8. The monoisotopic (exact) mass is 410 g/mol. The Morgan fingerprint density at radius 1 is 1.14 bits per heavy atom. The molecule has 150 valence electrons. The highest BCUT2D eigenvalue weighted by atomic mass is 32.1. The first-order chi connectivity index (χ1) is 14.3. The predicted octanol–water partition coefficient (Wildman–Crippen LogP) is 2.25. The molecule has 1 aliphatic carbocycles. The number of aryl methyl sites for hydroxylation is 2. The normalized spacial score (nSPS) is 19.0. The summed E-state index contributed by atoms with van der Waals surface area (Å²) in [5.74, 6) is 1.36. The molecule has 1 unspecified atom stereocenters. The second kappa shape index (κ2) is 7.86. The molecule has 1 N–H and O–H groups in total. The van der Waals surface area contributed by atoms with Crippen LogP contribution in [0.2, 0.25) is 0 Å². The topological polar surface area (TPSA) is 102 Å². The molecule has 3 aromatic rings. The van der Waals surface area contributed by atoms with E-state index in [9.17, 15) is 4.79 Å². The number of nitrogens with zero attached hydrogens (tertiary/aromatic N) is 7. The highest BCUT2D eigenvalue weighted by Crippen LogP contribution is 2.30. The number of nitrogens with one attached hydrogen (secondary N) is 1. The molecule has 0 aromatic carbocycles. The predicted molar refractivity (Wildman–Crippen MR) is 109 cm³/mol. The Labute approximate surface area is 172 Å². The van der Waals surface area contributed by atoms with Gasteiger partial charge in [-0.1, -0.05) is 0 Å². The maximum Gasteiger partial charge on any atom is 0.231 e. The minimum Gasteiger partial charge on any atom is -0.354 e. The molecule has 5 rings (SSSR count). The molecule has 1 atom stereocenters. The third kappa shape index (κ3) is 3.84. The quantitative estimate of drug-likeness (QED) is 0.704. The van der Waals surface area contributed by atoms with Gasteiger partial charge in [0.1, 0.15) is 12.7 Å². The van der Waals surface area contributed by atoms with Gasteiger partial charge in [-0.15, -0.1) is 21.5 Å². The summed E-state index contributed by atoms with van der Waals surface area (Å²) in [5, 5.41) is 16.4. The van der Waals surface area contributed by atoms with Gasteiger partial charge in [0.2, 0.25) is 5.91 Å². The molecule has 1 fully saturated rings. The van der Waals surface area contributed by atoms with Gasteiger partial charge in [-0.2, -0.15) is 5.10 Å². The third-order valence-electron chi connectivity index (χ3n) is 5.48. The van der Waals surface area contributed by atoms with E-state index in [-0.39, 0.29) is 11.8 Å². The van der Waals surface area contributed by atoms with Crippen LogP contribution in [0.1, 0.15) is 36.3 Å². The Kier molecular flexibility index (Phi) is 4.92. The lowest BCUT2D eigenvalue weighted by molar-refractivity contribution is -0.120. The van der Waals surface area contributed by atoms with Crippen LogP contribution in [0.5, 0.6) is 0 Å². The second-order valence-corrected chi connectivity index (χ2v) is 8.54. The lowest BCUT2D eigenvalue weighted by atomic mass is 9.97. The Bertz CT molecular complexity index is 961. The Hall–Kier alpha value is -2.88. The number of carbonyl (C=O) groups excluding carboxylic acids is 1. The van der Waals surface area contributed by atoms with E-state index in [4.69, 9.17) is 0 Å². The smallest absolute Gasteiger partial charge is 0.231 e. The number of carbonyl (C=O) groups is 1. The molecule has 4 heterocycles. The summed E-state index contributed by atoms with van der Waals surface area (Å²) < 4.78 is 1.57. The van der Waals surface area contributed by atoms with Crippen molar-refractivity contribution in [1.29, 1.82) is 0 Å². The largest absolute Gasteiger partial charge is 0.354 e. The van der Waals surface area contributed by atoms with Crippen molar-refractivity contribution in [3.63, 3.8) is 0 Å². The molecule has 1 saturated heterocycles. The zero-order valence-electron chi connectivity index (χ0n) is 16.0. The highest BCUT2D eigenvalue weighted by molar-refractivity contribution is 7.15. The molecule has 2 aliphatic rings. The van der Waals surface area contributed by atoms with Crippen LogP contribution in [0.25, 0.3) is 5.82 Å². The van der Waals surface area contributed by atoms with Gasteiger partial charge in [0.05, 0.1) is 11.6 Å². The Morgan fingerprint density at radius 3 is 2.79 bits per heavy atom. The number of anilines is 2. The van der Waals surface area contributed by atoms with Crippen molar-refractivity contribution in [2.75, 3.05) is 23.3 Å². The maximum absolute atomic E-state index is 12.8. The average molecular weight is 411 g/mol. The number of rotatable bonds is 4. The van der Waals surface area contributed by atoms with E-state index in [2.05, 4.69) is 35.5 Å². The van der Waals surface area contributed by atoms with Crippen LogP contribution in [0.4, 0.5) is 10.9 Å². The molecule has 1 aliphatic heterocycles. The Balaban J connectivity index is 1.24. The lowest BCUT2D eigenvalue weighted by Crippen LogP contribution is -2.41. The van der Waals surface area contributed by atoms with E-state index in [0.717, 1.165) is 43.2 Å². The summed E-state index contributed by atoms with van der Waals surface area (Å²) in [7, 11) is 0. The summed E-state index contributed by atoms with van der Waals surface area (Å²) in [6.07, 6.45) is 9.39. The van der Waals surface area contributed by atoms with Crippen molar-refractivity contribution < 1.29 is 4.79 Å². The van der Waals surface area contributed by atoms with Crippen molar-refractivity contribution >= 4 is 28.2 Å². The number of thiazole rings is 1. The van der Waals surface area contributed by atoms with Crippen molar-refractivity contribution in [2.45, 2.75) is 38.5 Å². The van der Waals surface area contributed by atoms with E-state index in [0.29, 0.717) is 12.4 Å². The highest BCUT2D eigenvalue weighted by Gasteiger charge is 2.28. The van der Waals surface area contributed by atoms with Crippen molar-refractivity contribution in [3.05, 3.63) is 35.4 Å². The second-order valence-electron chi connectivity index (χ2n) is 7.46. The lowest BCUT2D eigenvalue weighted by Gasteiger charge is -2.32. The molecule has 0 saturated carbocycles. The fourth-order valence-corrected chi connectivity index (χ4v) is 5.00. The molecule has 9 nitrogen and oxygen atoms in total. The summed E-state index contributed by atoms with van der Waals surface area (Å²) in [6.45, 7) is 1.50. The van der Waals surface area contributed by atoms with E-state index in [1.807, 2.05) is 12.1 Å². The summed E-state index contributed by atoms with van der Waals surface area (Å²) in [4.78, 5) is 24.9. The fourth-order valence-electron chi connectivity index (χ4n) is 3.95. The number of aromatic nitrogens is 6. The first-order valence-electron chi connectivity index (χ1n) is 9.99. The van der Waals surface area contributed by atoms with Crippen molar-refractivity contribution in [3.8, 4) is 5.82 Å². The van der Waals surface area contributed by atoms with Gasteiger partial charge >= 0.3 is 0 Å². The zero-order chi connectivity index (χ0) is 19.6. The van der Waals surface area contributed by atoms with Crippen LogP contribution < -0.4 is 10.2 Å². The van der Waals surface area contributed by atoms with Gasteiger partial charge in [-0.25, -0.2) is 14.6 Å². The van der Waals surface area contributed by atoms with Crippen LogP contribution >= 0.6 is 11.3 Å². The summed E-state index contributed by atoms with van der Waals surface area (Å²) in [6, 6.07) is 3.78. The third-order valence-corrected chi connectivity index (χ3v) is 6.55. The van der Waals surface area contributed by atoms with Gasteiger partial charge < -0.3 is 10.2 Å². The van der Waals surface area contributed by atoms with Crippen LogP contribution in [0.15, 0.2) is 24.8 Å². The van der Waals surface area contributed by atoms with E-state index in [1.54, 1.807) is 22.3 Å². The number of amides is 1. The number of piperidine rings is 1. The van der Waals surface area contributed by atoms with Gasteiger partial charge in [-0.3, -0.25) is 4.79 Å². The minimum atomic E-state index is -0.0820. The van der Waals surface area contributed by atoms with Crippen LogP contribution in [-0.2, 0) is 17.6 Å². The van der Waals surface area contributed by atoms with Crippen LogP contribution in [-0.4, -0.2) is 48.9 Å². The van der Waals surface area contributed by atoms with Crippen molar-refractivity contribution in [2.24, 2.45) is 5.92 Å². The number of hydrogen-bond donors (Lipinski definition) is 1. The van der Waals surface area contributed by atoms with Crippen molar-refractivity contribution in [1.82, 2.24) is 29.9 Å². The zero-order valence-corrected chi connectivity index (χ0v) is 16.8.